The minimum Gasteiger partial charge on any atom is -0.325 e. The third kappa shape index (κ3) is 5.84. The Morgan fingerprint density at radius 3 is 2.20 bits per heavy atom. The van der Waals surface area contributed by atoms with Crippen molar-refractivity contribution in [1.29, 1.82) is 0 Å². The van der Waals surface area contributed by atoms with Crippen molar-refractivity contribution in [2.45, 2.75) is 25.8 Å². The molecule has 1 heterocycles. The number of aromatic nitrogens is 1. The lowest BCUT2D eigenvalue weighted by molar-refractivity contribution is -0.113. The Morgan fingerprint density at radius 2 is 1.53 bits per heavy atom. The smallest absolute Gasteiger partial charge is 0.258 e. The third-order valence-corrected chi connectivity index (χ3v) is 5.54. The van der Waals surface area contributed by atoms with Crippen LogP contribution >= 0.6 is 23.4 Å². The van der Waals surface area contributed by atoms with Crippen molar-refractivity contribution >= 4 is 46.6 Å². The van der Waals surface area contributed by atoms with Gasteiger partial charge in [0.05, 0.1) is 11.3 Å². The average molecular weight is 440 g/mol. The van der Waals surface area contributed by atoms with Crippen molar-refractivity contribution in [2.75, 3.05) is 16.4 Å². The molecule has 2 aromatic carbocycles. The Hall–Kier alpha value is -2.83. The van der Waals surface area contributed by atoms with Crippen molar-refractivity contribution in [3.8, 4) is 0 Å². The number of amides is 2. The number of benzene rings is 2. The van der Waals surface area contributed by atoms with Crippen molar-refractivity contribution in [1.82, 2.24) is 4.98 Å². The molecule has 2 N–H and O–H groups in total. The predicted octanol–water partition coefficient (Wildman–Crippen LogP) is 5.64. The number of aryl methyl sites for hydroxylation is 3. The van der Waals surface area contributed by atoms with Crippen LogP contribution in [-0.4, -0.2) is 22.6 Å². The SMILES string of the molecule is Cc1ccc(NC(=O)CSc2nc(C)cc(C)c2C(=O)Nc2ccc(Cl)cc2)cc1. The Balaban J connectivity index is 1.73. The van der Waals surface area contributed by atoms with E-state index in [1.54, 1.807) is 24.3 Å². The van der Waals surface area contributed by atoms with Crippen LogP contribution in [0.1, 0.15) is 27.2 Å². The Labute approximate surface area is 185 Å². The fourth-order valence-electron chi connectivity index (χ4n) is 2.88. The number of hydrogen-bond donors (Lipinski definition) is 2. The van der Waals surface area contributed by atoms with Gasteiger partial charge in [-0.05, 0) is 68.8 Å². The van der Waals surface area contributed by atoms with Gasteiger partial charge in [0.25, 0.3) is 5.91 Å². The van der Waals surface area contributed by atoms with Crippen LogP contribution in [0, 0.1) is 20.8 Å². The fourth-order valence-corrected chi connectivity index (χ4v) is 3.95. The van der Waals surface area contributed by atoms with Crippen LogP contribution in [-0.2, 0) is 4.79 Å². The lowest BCUT2D eigenvalue weighted by atomic mass is 10.1. The molecule has 0 aliphatic heterocycles. The Bertz CT molecular complexity index is 1070. The molecule has 7 heteroatoms. The number of nitrogens with zero attached hydrogens (tertiary/aromatic N) is 1. The van der Waals surface area contributed by atoms with Gasteiger partial charge < -0.3 is 10.6 Å². The highest BCUT2D eigenvalue weighted by molar-refractivity contribution is 8.00. The summed E-state index contributed by atoms with van der Waals surface area (Å²) in [6, 6.07) is 16.3. The molecule has 1 aromatic heterocycles. The highest BCUT2D eigenvalue weighted by atomic mass is 35.5. The van der Waals surface area contributed by atoms with E-state index in [-0.39, 0.29) is 17.6 Å². The van der Waals surface area contributed by atoms with Gasteiger partial charge in [-0.1, -0.05) is 41.1 Å². The van der Waals surface area contributed by atoms with E-state index in [9.17, 15) is 9.59 Å². The van der Waals surface area contributed by atoms with Gasteiger partial charge in [0.1, 0.15) is 5.03 Å². The largest absolute Gasteiger partial charge is 0.325 e. The summed E-state index contributed by atoms with van der Waals surface area (Å²) < 4.78 is 0. The lowest BCUT2D eigenvalue weighted by Gasteiger charge is -2.13. The maximum atomic E-state index is 12.9. The van der Waals surface area contributed by atoms with E-state index in [0.29, 0.717) is 21.3 Å². The molecule has 154 valence electrons. The first-order valence-corrected chi connectivity index (χ1v) is 10.7. The van der Waals surface area contributed by atoms with Gasteiger partial charge in [-0.25, -0.2) is 4.98 Å². The molecule has 3 rings (SSSR count). The second kappa shape index (κ2) is 9.78. The summed E-state index contributed by atoms with van der Waals surface area (Å²) in [6.07, 6.45) is 0. The van der Waals surface area contributed by atoms with Crippen molar-refractivity contribution < 1.29 is 9.59 Å². The van der Waals surface area contributed by atoms with E-state index < -0.39 is 0 Å². The van der Waals surface area contributed by atoms with E-state index in [1.807, 2.05) is 51.1 Å². The van der Waals surface area contributed by atoms with Crippen molar-refractivity contribution in [2.24, 2.45) is 0 Å². The van der Waals surface area contributed by atoms with E-state index in [1.165, 1.54) is 11.8 Å². The topological polar surface area (TPSA) is 71.1 Å². The maximum absolute atomic E-state index is 12.9. The van der Waals surface area contributed by atoms with E-state index in [4.69, 9.17) is 11.6 Å². The molecule has 0 atom stereocenters. The number of pyridine rings is 1. The number of halogens is 1. The summed E-state index contributed by atoms with van der Waals surface area (Å²) in [7, 11) is 0. The molecule has 0 unspecified atom stereocenters. The monoisotopic (exact) mass is 439 g/mol. The molecule has 2 amide bonds. The molecule has 0 saturated heterocycles. The highest BCUT2D eigenvalue weighted by Gasteiger charge is 2.18. The molecule has 5 nitrogen and oxygen atoms in total. The summed E-state index contributed by atoms with van der Waals surface area (Å²) in [5, 5.41) is 6.85. The molecule has 0 aliphatic carbocycles. The maximum Gasteiger partial charge on any atom is 0.258 e. The Kier molecular flexibility index (Phi) is 7.13. The number of thioether (sulfide) groups is 1. The van der Waals surface area contributed by atoms with Crippen LogP contribution in [0.2, 0.25) is 5.02 Å². The van der Waals surface area contributed by atoms with Crippen molar-refractivity contribution in [3.63, 3.8) is 0 Å². The zero-order valence-electron chi connectivity index (χ0n) is 17.0. The highest BCUT2D eigenvalue weighted by Crippen LogP contribution is 2.26. The van der Waals surface area contributed by atoms with Gasteiger partial charge in [0.2, 0.25) is 5.91 Å². The van der Waals surface area contributed by atoms with Gasteiger partial charge in [-0.15, -0.1) is 0 Å². The van der Waals surface area contributed by atoms with Crippen LogP contribution in [0.4, 0.5) is 11.4 Å². The quantitative estimate of drug-likeness (QED) is 0.487. The first-order chi connectivity index (χ1) is 14.3. The molecule has 0 fully saturated rings. The van der Waals surface area contributed by atoms with Crippen LogP contribution in [0.15, 0.2) is 59.6 Å². The number of carbonyl (C=O) groups is 2. The molecule has 0 aliphatic rings. The fraction of sp³-hybridized carbons (Fsp3) is 0.174. The van der Waals surface area contributed by atoms with Crippen molar-refractivity contribution in [3.05, 3.63) is 82.0 Å². The summed E-state index contributed by atoms with van der Waals surface area (Å²) in [4.78, 5) is 29.8. The molecular weight excluding hydrogens is 418 g/mol. The standard InChI is InChI=1S/C23H22ClN3O2S/c1-14-4-8-18(9-5-14)26-20(28)13-30-23-21(15(2)12-16(3)25-23)22(29)27-19-10-6-17(24)7-11-19/h4-12H,13H2,1-3H3,(H,26,28)(H,27,29). The second-order valence-corrected chi connectivity index (χ2v) is 8.33. The zero-order chi connectivity index (χ0) is 21.7. The normalized spacial score (nSPS) is 10.5. The number of rotatable bonds is 6. The summed E-state index contributed by atoms with van der Waals surface area (Å²) in [5.41, 5.74) is 4.55. The van der Waals surface area contributed by atoms with Gasteiger partial charge >= 0.3 is 0 Å². The number of nitrogens with one attached hydrogen (secondary N) is 2. The number of anilines is 2. The van der Waals surface area contributed by atoms with Crippen LogP contribution < -0.4 is 10.6 Å². The average Bonchev–Trinajstić information content (AvgIpc) is 2.69. The lowest BCUT2D eigenvalue weighted by Crippen LogP contribution is -2.18. The summed E-state index contributed by atoms with van der Waals surface area (Å²) in [6.45, 7) is 5.72. The molecule has 0 saturated carbocycles. The van der Waals surface area contributed by atoms with Crippen LogP contribution in [0.25, 0.3) is 0 Å². The minimum absolute atomic E-state index is 0.144. The van der Waals surface area contributed by atoms with Gasteiger partial charge in [-0.3, -0.25) is 9.59 Å². The molecule has 0 radical (unpaired) electrons. The molecule has 0 spiro atoms. The summed E-state index contributed by atoms with van der Waals surface area (Å²) in [5.74, 6) is -0.289. The van der Waals surface area contributed by atoms with E-state index >= 15 is 0 Å². The minimum atomic E-state index is -0.274. The predicted molar refractivity (Wildman–Crippen MR) is 124 cm³/mol. The van der Waals surface area contributed by atoms with E-state index in [2.05, 4.69) is 15.6 Å². The van der Waals surface area contributed by atoms with Crippen LogP contribution in [0.3, 0.4) is 0 Å². The van der Waals surface area contributed by atoms with Gasteiger partial charge in [0, 0.05) is 22.1 Å². The van der Waals surface area contributed by atoms with E-state index in [0.717, 1.165) is 22.5 Å². The second-order valence-electron chi connectivity index (χ2n) is 6.92. The first-order valence-electron chi connectivity index (χ1n) is 9.36. The molecule has 30 heavy (non-hydrogen) atoms. The molecular formula is C23H22ClN3O2S. The van der Waals surface area contributed by atoms with Crippen LogP contribution in [0.5, 0.6) is 0 Å². The van der Waals surface area contributed by atoms with Gasteiger partial charge in [-0.2, -0.15) is 0 Å². The molecule has 3 aromatic rings. The zero-order valence-corrected chi connectivity index (χ0v) is 18.5. The summed E-state index contributed by atoms with van der Waals surface area (Å²) >= 11 is 7.15. The number of carbonyl (C=O) groups excluding carboxylic acids is 2. The third-order valence-electron chi connectivity index (χ3n) is 4.32. The Morgan fingerprint density at radius 1 is 0.933 bits per heavy atom. The number of hydrogen-bond acceptors (Lipinski definition) is 4. The molecule has 0 bridgehead atoms. The van der Waals surface area contributed by atoms with Gasteiger partial charge in [0.15, 0.2) is 0 Å². The first kappa shape index (κ1) is 21.9.